The molecule has 57 heavy (non-hydrogen) atoms. The average Bonchev–Trinajstić information content (AvgIpc) is 3.83. The molecule has 0 unspecified atom stereocenters. The smallest absolute Gasteiger partial charge is 0.135 e. The van der Waals surface area contributed by atoms with Gasteiger partial charge in [0.2, 0.25) is 0 Å². The van der Waals surface area contributed by atoms with Crippen molar-refractivity contribution < 1.29 is 4.42 Å². The number of para-hydroxylation sites is 4. The van der Waals surface area contributed by atoms with Gasteiger partial charge in [-0.3, -0.25) is 0 Å². The lowest BCUT2D eigenvalue weighted by atomic mass is 9.88. The summed E-state index contributed by atoms with van der Waals surface area (Å²) in [5.41, 5.74) is 15.5. The van der Waals surface area contributed by atoms with Gasteiger partial charge < -0.3 is 13.9 Å². The standard InChI is InChI=1S/C54H36N2O/c1-2-17-37(18-3-1)41-21-4-5-22-42(41)43-23-6-7-24-44(43)45-25-8-12-29-50(45)55(40-33-34-54-49(36-40)48-28-11-15-32-53(48)57-54)38-19-16-20-39(35-38)56-51-30-13-9-26-46(51)47-27-10-14-31-52(47)56/h1-36H. The van der Waals surface area contributed by atoms with Gasteiger partial charge in [0, 0.05) is 44.2 Å². The third-order valence-electron chi connectivity index (χ3n) is 11.2. The van der Waals surface area contributed by atoms with Crippen LogP contribution in [-0.4, -0.2) is 4.57 Å². The molecule has 0 saturated carbocycles. The van der Waals surface area contributed by atoms with Gasteiger partial charge in [-0.15, -0.1) is 0 Å². The maximum absolute atomic E-state index is 6.33. The second-order valence-electron chi connectivity index (χ2n) is 14.5. The maximum Gasteiger partial charge on any atom is 0.135 e. The average molecular weight is 729 g/mol. The first-order valence-electron chi connectivity index (χ1n) is 19.4. The van der Waals surface area contributed by atoms with Gasteiger partial charge in [0.25, 0.3) is 0 Å². The first-order chi connectivity index (χ1) is 28.3. The van der Waals surface area contributed by atoms with Gasteiger partial charge >= 0.3 is 0 Å². The Bertz CT molecular complexity index is 3210. The van der Waals surface area contributed by atoms with Gasteiger partial charge in [0.1, 0.15) is 11.2 Å². The molecule has 0 radical (unpaired) electrons. The van der Waals surface area contributed by atoms with E-state index in [1.807, 2.05) is 12.1 Å². The number of anilines is 3. The molecular weight excluding hydrogens is 693 g/mol. The third kappa shape index (κ3) is 5.51. The molecule has 0 bridgehead atoms. The largest absolute Gasteiger partial charge is 0.456 e. The van der Waals surface area contributed by atoms with Crippen LogP contribution in [0.5, 0.6) is 0 Å². The molecule has 0 aliphatic carbocycles. The van der Waals surface area contributed by atoms with Crippen LogP contribution < -0.4 is 4.90 Å². The number of fused-ring (bicyclic) bond motifs is 6. The van der Waals surface area contributed by atoms with Crippen LogP contribution in [-0.2, 0) is 0 Å². The molecule has 9 aromatic carbocycles. The SMILES string of the molecule is c1ccc(-c2ccccc2-c2ccccc2-c2ccccc2N(c2cccc(-n3c4ccccc4c4ccccc43)c2)c2ccc3oc4ccccc4c3c2)cc1. The third-order valence-corrected chi connectivity index (χ3v) is 11.2. The summed E-state index contributed by atoms with van der Waals surface area (Å²) in [7, 11) is 0. The Morgan fingerprint density at radius 3 is 1.60 bits per heavy atom. The van der Waals surface area contributed by atoms with Crippen LogP contribution in [0, 0.1) is 0 Å². The van der Waals surface area contributed by atoms with E-state index in [1.54, 1.807) is 0 Å². The first-order valence-corrected chi connectivity index (χ1v) is 19.4. The number of nitrogens with zero attached hydrogens (tertiary/aromatic N) is 2. The molecule has 0 aliphatic rings. The molecule has 0 fully saturated rings. The van der Waals surface area contributed by atoms with E-state index in [4.69, 9.17) is 4.42 Å². The Kier molecular flexibility index (Phi) is 7.82. The predicted molar refractivity (Wildman–Crippen MR) is 239 cm³/mol. The second kappa shape index (κ2) is 13.6. The highest BCUT2D eigenvalue weighted by molar-refractivity contribution is 6.10. The summed E-state index contributed by atoms with van der Waals surface area (Å²) >= 11 is 0. The lowest BCUT2D eigenvalue weighted by Crippen LogP contribution is -2.12. The summed E-state index contributed by atoms with van der Waals surface area (Å²) in [6.45, 7) is 0. The van der Waals surface area contributed by atoms with Crippen LogP contribution in [0.4, 0.5) is 17.1 Å². The maximum atomic E-state index is 6.33. The first kappa shape index (κ1) is 32.8. The van der Waals surface area contributed by atoms with Crippen molar-refractivity contribution in [3.8, 4) is 39.1 Å². The molecule has 268 valence electrons. The van der Waals surface area contributed by atoms with Gasteiger partial charge in [0.15, 0.2) is 0 Å². The van der Waals surface area contributed by atoms with Gasteiger partial charge in [-0.25, -0.2) is 0 Å². The molecule has 2 aromatic heterocycles. The van der Waals surface area contributed by atoms with Crippen LogP contribution in [0.25, 0.3) is 82.8 Å². The van der Waals surface area contributed by atoms with Crippen molar-refractivity contribution in [3.63, 3.8) is 0 Å². The minimum atomic E-state index is 0.870. The highest BCUT2D eigenvalue weighted by Crippen LogP contribution is 2.46. The van der Waals surface area contributed by atoms with Crippen molar-refractivity contribution in [1.29, 1.82) is 0 Å². The van der Waals surface area contributed by atoms with E-state index in [1.165, 1.54) is 44.1 Å². The lowest BCUT2D eigenvalue weighted by molar-refractivity contribution is 0.669. The molecule has 0 N–H and O–H groups in total. The van der Waals surface area contributed by atoms with Crippen LogP contribution in [0.2, 0.25) is 0 Å². The Hall–Kier alpha value is -7.62. The van der Waals surface area contributed by atoms with E-state index >= 15 is 0 Å². The molecule has 0 aliphatic heterocycles. The van der Waals surface area contributed by atoms with Crippen LogP contribution in [0.15, 0.2) is 223 Å². The van der Waals surface area contributed by atoms with Crippen molar-refractivity contribution in [3.05, 3.63) is 218 Å². The van der Waals surface area contributed by atoms with Gasteiger partial charge in [-0.2, -0.15) is 0 Å². The number of hydrogen-bond donors (Lipinski definition) is 0. The molecule has 11 aromatic rings. The highest BCUT2D eigenvalue weighted by Gasteiger charge is 2.22. The zero-order chi connectivity index (χ0) is 37.7. The zero-order valence-electron chi connectivity index (χ0n) is 31.1. The molecule has 11 rings (SSSR count). The molecule has 0 spiro atoms. The molecule has 0 amide bonds. The zero-order valence-corrected chi connectivity index (χ0v) is 31.1. The van der Waals surface area contributed by atoms with Crippen molar-refractivity contribution in [1.82, 2.24) is 4.57 Å². The van der Waals surface area contributed by atoms with Gasteiger partial charge in [-0.05, 0) is 88.5 Å². The van der Waals surface area contributed by atoms with Crippen LogP contribution in [0.1, 0.15) is 0 Å². The lowest BCUT2D eigenvalue weighted by Gasteiger charge is -2.29. The van der Waals surface area contributed by atoms with Crippen molar-refractivity contribution in [2.24, 2.45) is 0 Å². The van der Waals surface area contributed by atoms with E-state index in [-0.39, 0.29) is 0 Å². The monoisotopic (exact) mass is 728 g/mol. The molecule has 0 atom stereocenters. The molecule has 0 saturated heterocycles. The summed E-state index contributed by atoms with van der Waals surface area (Å²) in [4.78, 5) is 2.41. The summed E-state index contributed by atoms with van der Waals surface area (Å²) in [6, 6.07) is 78.2. The van der Waals surface area contributed by atoms with E-state index < -0.39 is 0 Å². The van der Waals surface area contributed by atoms with Crippen molar-refractivity contribution in [2.45, 2.75) is 0 Å². The Labute approximate surface area is 330 Å². The Balaban J connectivity index is 1.15. The minimum absolute atomic E-state index is 0.870. The highest BCUT2D eigenvalue weighted by atomic mass is 16.3. The molecule has 2 heterocycles. The van der Waals surface area contributed by atoms with E-state index in [0.29, 0.717) is 0 Å². The molecule has 3 heteroatoms. The number of rotatable bonds is 7. The number of benzene rings is 9. The summed E-state index contributed by atoms with van der Waals surface area (Å²) < 4.78 is 8.72. The molecule has 3 nitrogen and oxygen atoms in total. The summed E-state index contributed by atoms with van der Waals surface area (Å²) in [5, 5.41) is 4.67. The summed E-state index contributed by atoms with van der Waals surface area (Å²) in [5.74, 6) is 0. The van der Waals surface area contributed by atoms with Crippen molar-refractivity contribution in [2.75, 3.05) is 4.90 Å². The number of furan rings is 1. The van der Waals surface area contributed by atoms with Gasteiger partial charge in [-0.1, -0.05) is 158 Å². The van der Waals surface area contributed by atoms with Crippen LogP contribution >= 0.6 is 0 Å². The van der Waals surface area contributed by atoms with Gasteiger partial charge in [0.05, 0.1) is 16.7 Å². The van der Waals surface area contributed by atoms with Crippen LogP contribution in [0.3, 0.4) is 0 Å². The quantitative estimate of drug-likeness (QED) is 0.163. The van der Waals surface area contributed by atoms with E-state index in [2.05, 4.69) is 216 Å². The predicted octanol–water partition coefficient (Wildman–Crippen LogP) is 15.2. The fraction of sp³-hybridized carbons (Fsp3) is 0. The Morgan fingerprint density at radius 1 is 0.333 bits per heavy atom. The topological polar surface area (TPSA) is 21.3 Å². The fourth-order valence-electron chi connectivity index (χ4n) is 8.69. The van der Waals surface area contributed by atoms with Crippen molar-refractivity contribution >= 4 is 60.8 Å². The summed E-state index contributed by atoms with van der Waals surface area (Å²) in [6.07, 6.45) is 0. The van der Waals surface area contributed by atoms with E-state index in [0.717, 1.165) is 55.8 Å². The number of hydrogen-bond acceptors (Lipinski definition) is 2. The Morgan fingerprint density at radius 2 is 0.860 bits per heavy atom. The second-order valence-corrected chi connectivity index (χ2v) is 14.5. The fourth-order valence-corrected chi connectivity index (χ4v) is 8.69. The minimum Gasteiger partial charge on any atom is -0.456 e. The molecular formula is C54H36N2O. The normalized spacial score (nSPS) is 11.5. The number of aromatic nitrogens is 1. The van der Waals surface area contributed by atoms with E-state index in [9.17, 15) is 0 Å².